The molecule has 1 saturated carbocycles. The fourth-order valence-electron chi connectivity index (χ4n) is 1.92. The van der Waals surface area contributed by atoms with Gasteiger partial charge in [-0.1, -0.05) is 0 Å². The van der Waals surface area contributed by atoms with Crippen LogP contribution in [0.1, 0.15) is 19.3 Å². The summed E-state index contributed by atoms with van der Waals surface area (Å²) in [5.41, 5.74) is 0.472. The number of piperidine rings is 1. The molecule has 1 aliphatic carbocycles. The molecule has 1 spiro atoms. The number of nitrogens with one attached hydrogen (secondary N) is 1. The molecule has 2 fully saturated rings. The SMILES string of the molecule is N#CC1CNCCC12CC2. The average Bonchev–Trinajstić information content (AvgIpc) is 2.71. The van der Waals surface area contributed by atoms with E-state index < -0.39 is 0 Å². The van der Waals surface area contributed by atoms with Crippen molar-refractivity contribution in [3.63, 3.8) is 0 Å². The van der Waals surface area contributed by atoms with E-state index in [1.165, 1.54) is 19.3 Å². The number of hydrogen-bond acceptors (Lipinski definition) is 2. The lowest BCUT2D eigenvalue weighted by Crippen LogP contribution is -2.36. The molecule has 1 aliphatic heterocycles. The van der Waals surface area contributed by atoms with Gasteiger partial charge in [0.2, 0.25) is 0 Å². The summed E-state index contributed by atoms with van der Waals surface area (Å²) in [5.74, 6) is 0.307. The van der Waals surface area contributed by atoms with Gasteiger partial charge >= 0.3 is 0 Å². The zero-order valence-corrected chi connectivity index (χ0v) is 6.06. The molecular weight excluding hydrogens is 124 g/mol. The summed E-state index contributed by atoms with van der Waals surface area (Å²) in [4.78, 5) is 0. The predicted molar refractivity (Wildman–Crippen MR) is 38.3 cm³/mol. The van der Waals surface area contributed by atoms with Crippen molar-refractivity contribution < 1.29 is 0 Å². The summed E-state index contributed by atoms with van der Waals surface area (Å²) in [6.07, 6.45) is 3.82. The van der Waals surface area contributed by atoms with Crippen LogP contribution in [0.4, 0.5) is 0 Å². The van der Waals surface area contributed by atoms with Crippen LogP contribution in [0.2, 0.25) is 0 Å². The van der Waals surface area contributed by atoms with E-state index in [2.05, 4.69) is 11.4 Å². The zero-order chi connectivity index (χ0) is 7.03. The summed E-state index contributed by atoms with van der Waals surface area (Å²) in [6, 6.07) is 2.39. The van der Waals surface area contributed by atoms with Crippen LogP contribution in [0.15, 0.2) is 0 Å². The van der Waals surface area contributed by atoms with Gasteiger partial charge in [-0.25, -0.2) is 0 Å². The Balaban J connectivity index is 2.09. The molecule has 1 N–H and O–H groups in total. The first-order valence-electron chi connectivity index (χ1n) is 3.98. The quantitative estimate of drug-likeness (QED) is 0.537. The Morgan fingerprint density at radius 2 is 2.20 bits per heavy atom. The first-order chi connectivity index (χ1) is 4.87. The molecule has 0 aromatic carbocycles. The smallest absolute Gasteiger partial charge is 0.0675 e. The van der Waals surface area contributed by atoms with Crippen molar-refractivity contribution in [2.45, 2.75) is 19.3 Å². The van der Waals surface area contributed by atoms with Crippen LogP contribution in [0.5, 0.6) is 0 Å². The molecule has 1 unspecified atom stereocenters. The number of nitriles is 1. The van der Waals surface area contributed by atoms with Crippen LogP contribution in [-0.2, 0) is 0 Å². The third-order valence-electron chi connectivity index (χ3n) is 2.94. The highest BCUT2D eigenvalue weighted by atomic mass is 14.9. The lowest BCUT2D eigenvalue weighted by Gasteiger charge is -2.26. The highest BCUT2D eigenvalue weighted by Crippen LogP contribution is 2.55. The third kappa shape index (κ3) is 0.741. The lowest BCUT2D eigenvalue weighted by molar-refractivity contribution is 0.284. The van der Waals surface area contributed by atoms with Gasteiger partial charge in [-0.2, -0.15) is 5.26 Å². The van der Waals surface area contributed by atoms with Crippen LogP contribution >= 0.6 is 0 Å². The largest absolute Gasteiger partial charge is 0.315 e. The highest BCUT2D eigenvalue weighted by Gasteiger charge is 2.50. The van der Waals surface area contributed by atoms with Crippen LogP contribution < -0.4 is 5.32 Å². The predicted octanol–water partition coefficient (Wildman–Crippen LogP) is 0.900. The maximum atomic E-state index is 8.78. The number of rotatable bonds is 0. The summed E-state index contributed by atoms with van der Waals surface area (Å²) in [6.45, 7) is 2.05. The second-order valence-electron chi connectivity index (χ2n) is 3.50. The summed E-state index contributed by atoms with van der Waals surface area (Å²) in [5, 5.41) is 12.0. The van der Waals surface area contributed by atoms with E-state index in [1.54, 1.807) is 0 Å². The van der Waals surface area contributed by atoms with Crippen molar-refractivity contribution in [3.05, 3.63) is 0 Å². The van der Waals surface area contributed by atoms with Gasteiger partial charge in [0.05, 0.1) is 12.0 Å². The standard InChI is InChI=1S/C8H12N2/c9-5-7-6-10-4-3-8(7)1-2-8/h7,10H,1-4,6H2. The Morgan fingerprint density at radius 3 is 2.70 bits per heavy atom. The van der Waals surface area contributed by atoms with Crippen LogP contribution in [-0.4, -0.2) is 13.1 Å². The fraction of sp³-hybridized carbons (Fsp3) is 0.875. The minimum absolute atomic E-state index is 0.307. The Hall–Kier alpha value is -0.550. The molecule has 0 amide bonds. The van der Waals surface area contributed by atoms with Gasteiger partial charge in [0.1, 0.15) is 0 Å². The molecule has 0 radical (unpaired) electrons. The van der Waals surface area contributed by atoms with Gasteiger partial charge in [0.15, 0.2) is 0 Å². The van der Waals surface area contributed by atoms with Gasteiger partial charge in [-0.15, -0.1) is 0 Å². The number of hydrogen-bond donors (Lipinski definition) is 1. The van der Waals surface area contributed by atoms with Gasteiger partial charge in [-0.05, 0) is 31.2 Å². The van der Waals surface area contributed by atoms with E-state index in [-0.39, 0.29) is 0 Å². The molecule has 2 aliphatic rings. The molecule has 2 nitrogen and oxygen atoms in total. The normalized spacial score (nSPS) is 35.3. The minimum atomic E-state index is 0.307. The van der Waals surface area contributed by atoms with E-state index in [1.807, 2.05) is 0 Å². The van der Waals surface area contributed by atoms with Crippen molar-refractivity contribution in [3.8, 4) is 6.07 Å². The van der Waals surface area contributed by atoms with Crippen molar-refractivity contribution >= 4 is 0 Å². The average molecular weight is 136 g/mol. The molecule has 0 bridgehead atoms. The van der Waals surface area contributed by atoms with Gasteiger partial charge in [0.25, 0.3) is 0 Å². The van der Waals surface area contributed by atoms with E-state index in [0.717, 1.165) is 13.1 Å². The second kappa shape index (κ2) is 1.96. The molecule has 0 aromatic rings. The van der Waals surface area contributed by atoms with Crippen LogP contribution in [0, 0.1) is 22.7 Å². The lowest BCUT2D eigenvalue weighted by atomic mass is 9.84. The first-order valence-corrected chi connectivity index (χ1v) is 3.98. The zero-order valence-electron chi connectivity index (χ0n) is 6.06. The van der Waals surface area contributed by atoms with Crippen LogP contribution in [0.3, 0.4) is 0 Å². The Labute approximate surface area is 61.2 Å². The molecule has 54 valence electrons. The molecule has 1 saturated heterocycles. The van der Waals surface area contributed by atoms with Crippen molar-refractivity contribution in [2.24, 2.45) is 11.3 Å². The molecule has 2 heteroatoms. The maximum absolute atomic E-state index is 8.78. The third-order valence-corrected chi connectivity index (χ3v) is 2.94. The van der Waals surface area contributed by atoms with Crippen molar-refractivity contribution in [2.75, 3.05) is 13.1 Å². The summed E-state index contributed by atoms with van der Waals surface area (Å²) >= 11 is 0. The van der Waals surface area contributed by atoms with E-state index in [4.69, 9.17) is 5.26 Å². The van der Waals surface area contributed by atoms with E-state index in [0.29, 0.717) is 11.3 Å². The monoisotopic (exact) mass is 136 g/mol. The molecule has 1 atom stereocenters. The molecule has 10 heavy (non-hydrogen) atoms. The summed E-state index contributed by atoms with van der Waals surface area (Å²) in [7, 11) is 0. The van der Waals surface area contributed by atoms with Gasteiger partial charge in [0, 0.05) is 6.54 Å². The maximum Gasteiger partial charge on any atom is 0.0675 e. The molecular formula is C8H12N2. The van der Waals surface area contributed by atoms with Gasteiger partial charge in [-0.3, -0.25) is 0 Å². The molecule has 0 aromatic heterocycles. The highest BCUT2D eigenvalue weighted by molar-refractivity contribution is 5.09. The first kappa shape index (κ1) is 6.18. The topological polar surface area (TPSA) is 35.8 Å². The Bertz CT molecular complexity index is 176. The minimum Gasteiger partial charge on any atom is -0.315 e. The number of nitrogens with zero attached hydrogens (tertiary/aromatic N) is 1. The molecule has 2 rings (SSSR count). The van der Waals surface area contributed by atoms with Crippen molar-refractivity contribution in [1.82, 2.24) is 5.32 Å². The fourth-order valence-corrected chi connectivity index (χ4v) is 1.92. The van der Waals surface area contributed by atoms with Crippen LogP contribution in [0.25, 0.3) is 0 Å². The Kier molecular flexibility index (Phi) is 1.21. The van der Waals surface area contributed by atoms with Crippen molar-refractivity contribution in [1.29, 1.82) is 5.26 Å². The Morgan fingerprint density at radius 1 is 1.40 bits per heavy atom. The second-order valence-corrected chi connectivity index (χ2v) is 3.50. The summed E-state index contributed by atoms with van der Waals surface area (Å²) < 4.78 is 0. The van der Waals surface area contributed by atoms with E-state index in [9.17, 15) is 0 Å². The van der Waals surface area contributed by atoms with Gasteiger partial charge < -0.3 is 5.32 Å². The van der Waals surface area contributed by atoms with E-state index >= 15 is 0 Å². The molecule has 1 heterocycles.